The van der Waals surface area contributed by atoms with Gasteiger partial charge in [-0.25, -0.2) is 9.97 Å². The summed E-state index contributed by atoms with van der Waals surface area (Å²) in [6.07, 6.45) is 1.67. The van der Waals surface area contributed by atoms with Crippen molar-refractivity contribution in [1.82, 2.24) is 9.97 Å². The Morgan fingerprint density at radius 3 is 1.76 bits per heavy atom. The average molecular weight is 692 g/mol. The van der Waals surface area contributed by atoms with E-state index in [2.05, 4.69) is 171 Å². The van der Waals surface area contributed by atoms with E-state index in [4.69, 9.17) is 15.7 Å². The zero-order chi connectivity index (χ0) is 36.4. The van der Waals surface area contributed by atoms with Gasteiger partial charge in [-0.2, -0.15) is 0 Å². The molecule has 256 valence electrons. The van der Waals surface area contributed by atoms with Crippen molar-refractivity contribution in [3.05, 3.63) is 204 Å². The summed E-state index contributed by atoms with van der Waals surface area (Å²) in [6, 6.07) is 66.3. The topological polar surface area (TPSA) is 51.8 Å². The van der Waals surface area contributed by atoms with Crippen molar-refractivity contribution in [3.63, 3.8) is 0 Å². The molecule has 0 saturated carbocycles. The molecule has 1 aromatic heterocycles. The molecule has 2 N–H and O–H groups in total. The van der Waals surface area contributed by atoms with Gasteiger partial charge in [0.15, 0.2) is 5.82 Å². The van der Waals surface area contributed by atoms with E-state index in [1.54, 1.807) is 6.20 Å². The number of benzene rings is 8. The minimum absolute atomic E-state index is 0.684. The van der Waals surface area contributed by atoms with Crippen molar-refractivity contribution in [2.45, 2.75) is 6.92 Å². The zero-order valence-corrected chi connectivity index (χ0v) is 29.9. The van der Waals surface area contributed by atoms with Gasteiger partial charge in [-0.3, -0.25) is 0 Å². The van der Waals surface area contributed by atoms with Crippen LogP contribution in [-0.4, -0.2) is 9.97 Å². The van der Waals surface area contributed by atoms with Crippen LogP contribution >= 0.6 is 0 Å². The molecule has 0 spiro atoms. The lowest BCUT2D eigenvalue weighted by molar-refractivity contribution is 1.18. The molecule has 0 atom stereocenters. The lowest BCUT2D eigenvalue weighted by Gasteiger charge is -2.13. The molecule has 54 heavy (non-hydrogen) atoms. The van der Waals surface area contributed by atoms with E-state index < -0.39 is 0 Å². The second-order valence-electron chi connectivity index (χ2n) is 13.6. The molecule has 0 saturated heterocycles. The van der Waals surface area contributed by atoms with Crippen molar-refractivity contribution in [2.75, 3.05) is 0 Å². The van der Waals surface area contributed by atoms with E-state index in [1.165, 1.54) is 38.2 Å². The molecule has 3 nitrogen and oxygen atoms in total. The van der Waals surface area contributed by atoms with Gasteiger partial charge in [0.05, 0.1) is 11.4 Å². The SMILES string of the molecule is C/C(c1ccc(-c2cc(-c3ccc(-c4cc5ccccc5c5ccccc45)cc3)nc(-c3cccc(-c4ccccc4)c3)n2)cc1)=c1/cccc/c1=C/N. The zero-order valence-electron chi connectivity index (χ0n) is 29.9. The van der Waals surface area contributed by atoms with Crippen molar-refractivity contribution in [1.29, 1.82) is 0 Å². The van der Waals surface area contributed by atoms with E-state index in [0.717, 1.165) is 55.2 Å². The smallest absolute Gasteiger partial charge is 0.160 e. The molecule has 9 aromatic rings. The van der Waals surface area contributed by atoms with Crippen molar-refractivity contribution in [3.8, 4) is 56.2 Å². The third-order valence-electron chi connectivity index (χ3n) is 10.4. The molecule has 0 aliphatic rings. The Labute approximate surface area is 315 Å². The number of nitrogens with zero attached hydrogens (tertiary/aromatic N) is 2. The molecular formula is C51H37N3. The van der Waals surface area contributed by atoms with Gasteiger partial charge in [0.2, 0.25) is 0 Å². The molecule has 0 fully saturated rings. The van der Waals surface area contributed by atoms with Crippen LogP contribution in [0, 0.1) is 0 Å². The summed E-state index contributed by atoms with van der Waals surface area (Å²) in [7, 11) is 0. The van der Waals surface area contributed by atoms with Gasteiger partial charge in [0, 0.05) is 22.9 Å². The van der Waals surface area contributed by atoms with Crippen molar-refractivity contribution < 1.29 is 0 Å². The lowest BCUT2D eigenvalue weighted by atomic mass is 9.92. The molecule has 0 bridgehead atoms. The highest BCUT2D eigenvalue weighted by Gasteiger charge is 2.14. The van der Waals surface area contributed by atoms with Crippen LogP contribution in [0.5, 0.6) is 0 Å². The quantitative estimate of drug-likeness (QED) is 0.177. The van der Waals surface area contributed by atoms with Crippen LogP contribution in [0.4, 0.5) is 0 Å². The minimum atomic E-state index is 0.684. The first-order valence-electron chi connectivity index (χ1n) is 18.3. The van der Waals surface area contributed by atoms with Gasteiger partial charge in [-0.15, -0.1) is 0 Å². The van der Waals surface area contributed by atoms with E-state index in [9.17, 15) is 0 Å². The first-order chi connectivity index (χ1) is 26.6. The third kappa shape index (κ3) is 6.23. The Kier molecular flexibility index (Phi) is 8.58. The Morgan fingerprint density at radius 1 is 0.444 bits per heavy atom. The average Bonchev–Trinajstić information content (AvgIpc) is 3.26. The standard InChI is InChI=1S/C51H37N3/c1-34(44-18-7-6-15-43(44)33-52)35-22-26-38(27-23-35)49-32-50(54-51(53-49)42-17-11-16-40(30-42)36-12-3-2-4-13-36)39-28-24-37(25-29-39)48-31-41-14-5-8-19-45(41)46-20-9-10-21-47(46)48/h2-33H,52H2,1H3/b43-33-,44-34+. The predicted molar refractivity (Wildman–Crippen MR) is 227 cm³/mol. The first kappa shape index (κ1) is 32.8. The molecule has 8 aromatic carbocycles. The fraction of sp³-hybridized carbons (Fsp3) is 0.0196. The maximum atomic E-state index is 5.96. The summed E-state index contributed by atoms with van der Waals surface area (Å²) in [5, 5.41) is 7.15. The second-order valence-corrected chi connectivity index (χ2v) is 13.6. The van der Waals surface area contributed by atoms with Gasteiger partial charge in [0.25, 0.3) is 0 Å². The highest BCUT2D eigenvalue weighted by molar-refractivity contribution is 6.13. The van der Waals surface area contributed by atoms with Crippen LogP contribution in [0.15, 0.2) is 188 Å². The largest absolute Gasteiger partial charge is 0.404 e. The number of nitrogens with two attached hydrogens (primary N) is 1. The second kappa shape index (κ2) is 14.1. The number of hydrogen-bond donors (Lipinski definition) is 1. The number of hydrogen-bond acceptors (Lipinski definition) is 3. The van der Waals surface area contributed by atoms with Crippen LogP contribution < -0.4 is 16.2 Å². The Balaban J connectivity index is 1.15. The number of aromatic nitrogens is 2. The van der Waals surface area contributed by atoms with Gasteiger partial charge in [-0.05, 0) is 90.5 Å². The van der Waals surface area contributed by atoms with Crippen LogP contribution in [0.2, 0.25) is 0 Å². The molecule has 3 heteroatoms. The van der Waals surface area contributed by atoms with E-state index in [0.29, 0.717) is 5.82 Å². The summed E-state index contributed by atoms with van der Waals surface area (Å²) in [6.45, 7) is 2.14. The monoisotopic (exact) mass is 691 g/mol. The van der Waals surface area contributed by atoms with E-state index >= 15 is 0 Å². The van der Waals surface area contributed by atoms with E-state index in [-0.39, 0.29) is 0 Å². The minimum Gasteiger partial charge on any atom is -0.404 e. The van der Waals surface area contributed by atoms with Gasteiger partial charge >= 0.3 is 0 Å². The van der Waals surface area contributed by atoms with Crippen molar-refractivity contribution in [2.24, 2.45) is 5.73 Å². The lowest BCUT2D eigenvalue weighted by Crippen LogP contribution is -2.27. The molecular weight excluding hydrogens is 655 g/mol. The normalized spacial score (nSPS) is 12.3. The first-order valence-corrected chi connectivity index (χ1v) is 18.3. The maximum absolute atomic E-state index is 5.96. The summed E-state index contributed by atoms with van der Waals surface area (Å²) < 4.78 is 0. The van der Waals surface area contributed by atoms with E-state index in [1.807, 2.05) is 24.3 Å². The summed E-state index contributed by atoms with van der Waals surface area (Å²) >= 11 is 0. The summed E-state index contributed by atoms with van der Waals surface area (Å²) in [5.74, 6) is 0.684. The van der Waals surface area contributed by atoms with Gasteiger partial charge in [-0.1, -0.05) is 170 Å². The molecule has 9 rings (SSSR count). The highest BCUT2D eigenvalue weighted by atomic mass is 14.9. The predicted octanol–water partition coefficient (Wildman–Crippen LogP) is 11.0. The Morgan fingerprint density at radius 2 is 1.02 bits per heavy atom. The fourth-order valence-electron chi connectivity index (χ4n) is 7.48. The highest BCUT2D eigenvalue weighted by Crippen LogP contribution is 2.36. The Bertz CT molecular complexity index is 2930. The molecule has 0 amide bonds. The van der Waals surface area contributed by atoms with Crippen LogP contribution in [0.3, 0.4) is 0 Å². The number of rotatable bonds is 6. The molecule has 0 unspecified atom stereocenters. The molecule has 0 aliphatic carbocycles. The fourth-order valence-corrected chi connectivity index (χ4v) is 7.48. The Hall–Kier alpha value is -7.10. The van der Waals surface area contributed by atoms with Gasteiger partial charge in [0.1, 0.15) is 0 Å². The summed E-state index contributed by atoms with van der Waals surface area (Å²) in [4.78, 5) is 10.4. The molecule has 1 heterocycles. The molecule has 0 radical (unpaired) electrons. The molecule has 0 aliphatic heterocycles. The van der Waals surface area contributed by atoms with Gasteiger partial charge < -0.3 is 5.73 Å². The summed E-state index contributed by atoms with van der Waals surface area (Å²) in [5.41, 5.74) is 17.7. The van der Waals surface area contributed by atoms with Crippen LogP contribution in [-0.2, 0) is 0 Å². The third-order valence-corrected chi connectivity index (χ3v) is 10.4. The van der Waals surface area contributed by atoms with Crippen molar-refractivity contribution >= 4 is 33.3 Å². The van der Waals surface area contributed by atoms with Crippen LogP contribution in [0.1, 0.15) is 12.5 Å². The number of fused-ring (bicyclic) bond motifs is 3. The maximum Gasteiger partial charge on any atom is 0.160 e. The van der Waals surface area contributed by atoms with Crippen LogP contribution in [0.25, 0.3) is 89.5 Å².